The second-order valence-corrected chi connectivity index (χ2v) is 3.31. The SMILES string of the molecule is CSCCC(OCCO)C(=N)N. The standard InChI is InChI=1S/C7H16N2O2S/c1-12-5-2-6(7(8)9)11-4-3-10/h6,10H,2-5H2,1H3,(H3,8,9). The minimum Gasteiger partial charge on any atom is -0.394 e. The molecule has 0 saturated carbocycles. The number of hydrogen-bond acceptors (Lipinski definition) is 4. The highest BCUT2D eigenvalue weighted by molar-refractivity contribution is 7.98. The number of aliphatic hydroxyl groups is 1. The molecule has 0 aliphatic carbocycles. The minimum atomic E-state index is -0.329. The van der Waals surface area contributed by atoms with E-state index in [0.29, 0.717) is 0 Å². The van der Waals surface area contributed by atoms with Gasteiger partial charge in [-0.15, -0.1) is 0 Å². The molecule has 0 radical (unpaired) electrons. The van der Waals surface area contributed by atoms with E-state index in [2.05, 4.69) is 0 Å². The molecule has 0 aromatic heterocycles. The molecular formula is C7H16N2O2S. The summed E-state index contributed by atoms with van der Waals surface area (Å²) in [5.74, 6) is 0.952. The van der Waals surface area contributed by atoms with Crippen molar-refractivity contribution in [2.24, 2.45) is 5.73 Å². The molecule has 72 valence electrons. The van der Waals surface area contributed by atoms with Crippen LogP contribution in [0.3, 0.4) is 0 Å². The van der Waals surface area contributed by atoms with Gasteiger partial charge in [0.1, 0.15) is 11.9 Å². The van der Waals surface area contributed by atoms with Crippen LogP contribution in [-0.2, 0) is 4.74 Å². The Morgan fingerprint density at radius 3 is 2.83 bits per heavy atom. The molecule has 0 spiro atoms. The molecule has 12 heavy (non-hydrogen) atoms. The molecule has 0 aromatic rings. The Morgan fingerprint density at radius 1 is 1.75 bits per heavy atom. The first-order valence-corrected chi connectivity index (χ1v) is 5.17. The largest absolute Gasteiger partial charge is 0.394 e. The van der Waals surface area contributed by atoms with Crippen LogP contribution in [0.15, 0.2) is 0 Å². The third-order valence-corrected chi connectivity index (χ3v) is 1.99. The van der Waals surface area contributed by atoms with Gasteiger partial charge in [0.2, 0.25) is 0 Å². The Balaban J connectivity index is 3.62. The predicted molar refractivity (Wildman–Crippen MR) is 51.7 cm³/mol. The summed E-state index contributed by atoms with van der Waals surface area (Å²) in [5.41, 5.74) is 5.29. The lowest BCUT2D eigenvalue weighted by Crippen LogP contribution is -2.32. The Hall–Kier alpha value is -0.260. The van der Waals surface area contributed by atoms with Gasteiger partial charge < -0.3 is 15.6 Å². The first-order valence-electron chi connectivity index (χ1n) is 3.77. The van der Waals surface area contributed by atoms with Gasteiger partial charge in [0, 0.05) is 0 Å². The molecular weight excluding hydrogens is 176 g/mol. The van der Waals surface area contributed by atoms with Crippen molar-refractivity contribution >= 4 is 17.6 Å². The van der Waals surface area contributed by atoms with E-state index < -0.39 is 0 Å². The lowest BCUT2D eigenvalue weighted by atomic mass is 10.2. The van der Waals surface area contributed by atoms with Crippen molar-refractivity contribution in [2.45, 2.75) is 12.5 Å². The zero-order valence-electron chi connectivity index (χ0n) is 7.25. The summed E-state index contributed by atoms with van der Waals surface area (Å²) in [6, 6.07) is 0. The van der Waals surface area contributed by atoms with Gasteiger partial charge in [-0.25, -0.2) is 0 Å². The van der Waals surface area contributed by atoms with Crippen LogP contribution in [0.1, 0.15) is 6.42 Å². The third-order valence-electron chi connectivity index (χ3n) is 1.34. The molecule has 5 heteroatoms. The fourth-order valence-electron chi connectivity index (χ4n) is 0.748. The van der Waals surface area contributed by atoms with E-state index in [9.17, 15) is 0 Å². The molecule has 4 nitrogen and oxygen atoms in total. The molecule has 0 aliphatic rings. The monoisotopic (exact) mass is 192 g/mol. The highest BCUT2D eigenvalue weighted by Crippen LogP contribution is 2.03. The molecule has 0 heterocycles. The molecule has 1 unspecified atom stereocenters. The van der Waals surface area contributed by atoms with E-state index in [1.807, 2.05) is 6.26 Å². The van der Waals surface area contributed by atoms with E-state index in [0.717, 1.165) is 12.2 Å². The van der Waals surface area contributed by atoms with Crippen LogP contribution in [0.2, 0.25) is 0 Å². The van der Waals surface area contributed by atoms with Crippen LogP contribution in [0.4, 0.5) is 0 Å². The summed E-state index contributed by atoms with van der Waals surface area (Å²) in [5, 5.41) is 15.7. The van der Waals surface area contributed by atoms with Gasteiger partial charge in [-0.2, -0.15) is 11.8 Å². The van der Waals surface area contributed by atoms with Crippen molar-refractivity contribution in [1.29, 1.82) is 5.41 Å². The Morgan fingerprint density at radius 2 is 2.42 bits per heavy atom. The van der Waals surface area contributed by atoms with E-state index in [1.54, 1.807) is 11.8 Å². The maximum atomic E-state index is 8.48. The van der Waals surface area contributed by atoms with Crippen molar-refractivity contribution in [3.8, 4) is 0 Å². The number of thioether (sulfide) groups is 1. The van der Waals surface area contributed by atoms with Gasteiger partial charge in [-0.3, -0.25) is 5.41 Å². The average molecular weight is 192 g/mol. The summed E-state index contributed by atoms with van der Waals surface area (Å²) in [6.45, 7) is 0.224. The highest BCUT2D eigenvalue weighted by atomic mass is 32.2. The number of nitrogens with one attached hydrogen (secondary N) is 1. The van der Waals surface area contributed by atoms with Crippen LogP contribution in [0.5, 0.6) is 0 Å². The molecule has 0 aliphatic heterocycles. The lowest BCUT2D eigenvalue weighted by Gasteiger charge is -2.14. The van der Waals surface area contributed by atoms with Gasteiger partial charge in [-0.05, 0) is 18.4 Å². The maximum Gasteiger partial charge on any atom is 0.120 e. The molecule has 0 aromatic carbocycles. The Bertz CT molecular complexity index is 125. The first kappa shape index (κ1) is 11.7. The zero-order chi connectivity index (χ0) is 9.40. The number of aliphatic hydroxyl groups excluding tert-OH is 1. The minimum absolute atomic E-state index is 0.0248. The fraction of sp³-hybridized carbons (Fsp3) is 0.857. The van der Waals surface area contributed by atoms with Crippen LogP contribution in [-0.4, -0.2) is 42.3 Å². The number of hydrogen-bond donors (Lipinski definition) is 3. The Labute approximate surface area is 77.0 Å². The topological polar surface area (TPSA) is 79.3 Å². The average Bonchev–Trinajstić information content (AvgIpc) is 2.04. The predicted octanol–water partition coefficient (Wildman–Crippen LogP) is 0.0530. The number of rotatable bonds is 7. The lowest BCUT2D eigenvalue weighted by molar-refractivity contribution is 0.0624. The van der Waals surface area contributed by atoms with E-state index >= 15 is 0 Å². The van der Waals surface area contributed by atoms with Crippen molar-refractivity contribution < 1.29 is 9.84 Å². The van der Waals surface area contributed by atoms with Gasteiger partial charge in [0.15, 0.2) is 0 Å². The summed E-state index contributed by atoms with van der Waals surface area (Å²) >= 11 is 1.69. The van der Waals surface area contributed by atoms with Gasteiger partial charge in [0.05, 0.1) is 13.2 Å². The summed E-state index contributed by atoms with van der Waals surface area (Å²) < 4.78 is 5.14. The third kappa shape index (κ3) is 5.40. The molecule has 1 atom stereocenters. The van der Waals surface area contributed by atoms with Crippen LogP contribution >= 0.6 is 11.8 Å². The smallest absolute Gasteiger partial charge is 0.120 e. The number of nitrogens with two attached hydrogens (primary N) is 1. The molecule has 0 bridgehead atoms. The van der Waals surface area contributed by atoms with Crippen LogP contribution in [0.25, 0.3) is 0 Å². The molecule has 0 fully saturated rings. The first-order chi connectivity index (χ1) is 5.72. The summed E-state index contributed by atoms with van der Waals surface area (Å²) in [4.78, 5) is 0. The fourth-order valence-corrected chi connectivity index (χ4v) is 1.20. The normalized spacial score (nSPS) is 12.8. The van der Waals surface area contributed by atoms with Gasteiger partial charge in [0.25, 0.3) is 0 Å². The molecule has 4 N–H and O–H groups in total. The molecule has 0 rings (SSSR count). The number of amidine groups is 1. The summed E-state index contributed by atoms with van der Waals surface area (Å²) in [6.07, 6.45) is 2.39. The molecule has 0 saturated heterocycles. The van der Waals surface area contributed by atoms with Gasteiger partial charge in [-0.1, -0.05) is 0 Å². The van der Waals surface area contributed by atoms with Crippen LogP contribution < -0.4 is 5.73 Å². The van der Waals surface area contributed by atoms with Crippen LogP contribution in [0, 0.1) is 5.41 Å². The van der Waals surface area contributed by atoms with E-state index in [-0.39, 0.29) is 25.2 Å². The zero-order valence-corrected chi connectivity index (χ0v) is 8.06. The Kier molecular flexibility index (Phi) is 7.23. The van der Waals surface area contributed by atoms with Gasteiger partial charge >= 0.3 is 0 Å². The van der Waals surface area contributed by atoms with E-state index in [4.69, 9.17) is 21.0 Å². The maximum absolute atomic E-state index is 8.48. The van der Waals surface area contributed by atoms with E-state index in [1.165, 1.54) is 0 Å². The van der Waals surface area contributed by atoms with Crippen molar-refractivity contribution in [2.75, 3.05) is 25.2 Å². The second kappa shape index (κ2) is 7.39. The van der Waals surface area contributed by atoms with Crippen molar-refractivity contribution in [3.63, 3.8) is 0 Å². The number of ether oxygens (including phenoxy) is 1. The van der Waals surface area contributed by atoms with Crippen molar-refractivity contribution in [3.05, 3.63) is 0 Å². The quantitative estimate of drug-likeness (QED) is 0.393. The summed E-state index contributed by atoms with van der Waals surface area (Å²) in [7, 11) is 0. The molecule has 0 amide bonds. The van der Waals surface area contributed by atoms with Crippen molar-refractivity contribution in [1.82, 2.24) is 0 Å². The second-order valence-electron chi connectivity index (χ2n) is 2.32. The highest BCUT2D eigenvalue weighted by Gasteiger charge is 2.10.